The molecule has 1 aromatic carbocycles. The first kappa shape index (κ1) is 19.4. The zero-order valence-electron chi connectivity index (χ0n) is 13.3. The first-order chi connectivity index (χ1) is 11.3. The molecule has 0 saturated carbocycles. The summed E-state index contributed by atoms with van der Waals surface area (Å²) < 4.78 is 5.97. The van der Waals surface area contributed by atoms with E-state index in [9.17, 15) is 4.79 Å². The van der Waals surface area contributed by atoms with E-state index in [2.05, 4.69) is 19.8 Å². The molecule has 2 rings (SSSR count). The number of rotatable bonds is 6. The van der Waals surface area contributed by atoms with Gasteiger partial charge in [0.15, 0.2) is 5.75 Å². The predicted octanol–water partition coefficient (Wildman–Crippen LogP) is 4.43. The quantitative estimate of drug-likeness (QED) is 0.520. The van der Waals surface area contributed by atoms with Gasteiger partial charge in [-0.15, -0.1) is 6.42 Å². The third-order valence-corrected chi connectivity index (χ3v) is 5.48. The lowest BCUT2D eigenvalue weighted by molar-refractivity contribution is -0.126. The Hall–Kier alpha value is -0.930. The van der Waals surface area contributed by atoms with Crippen LogP contribution in [0.2, 0.25) is 10.0 Å². The fourth-order valence-electron chi connectivity index (χ4n) is 2.35. The van der Waals surface area contributed by atoms with E-state index in [0.717, 1.165) is 5.56 Å². The first-order valence-corrected chi connectivity index (χ1v) is 9.44. The zero-order valence-corrected chi connectivity index (χ0v) is 16.5. The van der Waals surface area contributed by atoms with Gasteiger partial charge in [-0.05, 0) is 30.0 Å². The maximum absolute atomic E-state index is 12.5. The summed E-state index contributed by atoms with van der Waals surface area (Å²) in [6, 6.07) is 3.50. The van der Waals surface area contributed by atoms with Crippen molar-refractivity contribution >= 4 is 57.4 Å². The second kappa shape index (κ2) is 8.44. The van der Waals surface area contributed by atoms with Crippen LogP contribution in [0.15, 0.2) is 12.1 Å². The molecule has 1 saturated heterocycles. The molecular weight excluding hydrogens is 385 g/mol. The average Bonchev–Trinajstić information content (AvgIpc) is 2.74. The van der Waals surface area contributed by atoms with Crippen LogP contribution in [0.4, 0.5) is 0 Å². The zero-order chi connectivity index (χ0) is 17.9. The summed E-state index contributed by atoms with van der Waals surface area (Å²) in [5, 5.41) is 0.510. The number of ether oxygens (including phenoxy) is 1. The highest BCUT2D eigenvalue weighted by atomic mass is 35.5. The summed E-state index contributed by atoms with van der Waals surface area (Å²) >= 11 is 19.2. The van der Waals surface area contributed by atoms with E-state index in [0.29, 0.717) is 39.0 Å². The second-order valence-electron chi connectivity index (χ2n) is 5.80. The molecule has 24 heavy (non-hydrogen) atoms. The van der Waals surface area contributed by atoms with Crippen LogP contribution >= 0.6 is 47.2 Å². The van der Waals surface area contributed by atoms with Crippen molar-refractivity contribution in [2.24, 2.45) is 5.92 Å². The van der Waals surface area contributed by atoms with Crippen LogP contribution in [0.5, 0.6) is 5.75 Å². The molecule has 0 N–H and O–H groups in total. The van der Waals surface area contributed by atoms with Gasteiger partial charge in [0.05, 0.1) is 15.3 Å². The van der Waals surface area contributed by atoms with Gasteiger partial charge in [0, 0.05) is 6.54 Å². The van der Waals surface area contributed by atoms with Crippen LogP contribution in [-0.4, -0.2) is 33.5 Å². The van der Waals surface area contributed by atoms with Gasteiger partial charge in [-0.25, -0.2) is 0 Å². The standard InChI is InChI=1S/C17H17Cl2NO2S2/c1-4-5-22-15-12(18)6-11(7-13(15)19)8-14-16(21)20(9-10(2)3)17(23)24-14/h1,6-7,10,14H,5,8-9H2,2-3H3/t14-/m1/s1. The molecule has 3 nitrogen and oxygen atoms in total. The molecule has 1 aromatic rings. The van der Waals surface area contributed by atoms with Crippen molar-refractivity contribution in [2.45, 2.75) is 25.5 Å². The highest BCUT2D eigenvalue weighted by Crippen LogP contribution is 2.36. The molecule has 1 amide bonds. The number of thiocarbonyl (C=S) groups is 1. The topological polar surface area (TPSA) is 29.5 Å². The number of carbonyl (C=O) groups excluding carboxylic acids is 1. The molecule has 0 bridgehead atoms. The molecule has 1 aliphatic rings. The maximum atomic E-state index is 12.5. The SMILES string of the molecule is C#CCOc1c(Cl)cc(C[C@H]2SC(=S)N(CC(C)C)C2=O)cc1Cl. The Labute approximate surface area is 162 Å². The van der Waals surface area contributed by atoms with E-state index in [4.69, 9.17) is 46.6 Å². The summed E-state index contributed by atoms with van der Waals surface area (Å²) in [5.41, 5.74) is 0.859. The summed E-state index contributed by atoms with van der Waals surface area (Å²) in [6.07, 6.45) is 5.68. The summed E-state index contributed by atoms with van der Waals surface area (Å²) in [5.74, 6) is 3.13. The Morgan fingerprint density at radius 2 is 2.04 bits per heavy atom. The van der Waals surface area contributed by atoms with E-state index in [1.807, 2.05) is 0 Å². The molecule has 0 unspecified atom stereocenters. The summed E-state index contributed by atoms with van der Waals surface area (Å²) in [6.45, 7) is 4.85. The van der Waals surface area contributed by atoms with E-state index >= 15 is 0 Å². The normalized spacial score (nSPS) is 17.5. The van der Waals surface area contributed by atoms with Crippen molar-refractivity contribution in [3.8, 4) is 18.1 Å². The minimum absolute atomic E-state index is 0.0404. The molecule has 1 heterocycles. The first-order valence-electron chi connectivity index (χ1n) is 7.39. The number of terminal acetylenes is 1. The van der Waals surface area contributed by atoms with E-state index in [-0.39, 0.29) is 17.8 Å². The highest BCUT2D eigenvalue weighted by Gasteiger charge is 2.37. The minimum Gasteiger partial charge on any atom is -0.478 e. The molecule has 0 radical (unpaired) electrons. The Kier molecular flexibility index (Phi) is 6.82. The van der Waals surface area contributed by atoms with Crippen molar-refractivity contribution < 1.29 is 9.53 Å². The van der Waals surface area contributed by atoms with Gasteiger partial charge >= 0.3 is 0 Å². The molecule has 0 aliphatic carbocycles. The Morgan fingerprint density at radius 1 is 1.42 bits per heavy atom. The lowest BCUT2D eigenvalue weighted by Crippen LogP contribution is -2.34. The lowest BCUT2D eigenvalue weighted by Gasteiger charge is -2.18. The van der Waals surface area contributed by atoms with Crippen LogP contribution in [0.1, 0.15) is 19.4 Å². The molecule has 0 spiro atoms. The Morgan fingerprint density at radius 3 is 2.58 bits per heavy atom. The molecule has 128 valence electrons. The monoisotopic (exact) mass is 401 g/mol. The van der Waals surface area contributed by atoms with Crippen LogP contribution in [0, 0.1) is 18.3 Å². The summed E-state index contributed by atoms with van der Waals surface area (Å²) in [7, 11) is 0. The predicted molar refractivity (Wildman–Crippen MR) is 105 cm³/mol. The molecule has 1 fully saturated rings. The van der Waals surface area contributed by atoms with Gasteiger partial charge in [-0.3, -0.25) is 9.69 Å². The van der Waals surface area contributed by atoms with Crippen molar-refractivity contribution in [3.63, 3.8) is 0 Å². The van der Waals surface area contributed by atoms with Crippen LogP contribution in [0.25, 0.3) is 0 Å². The van der Waals surface area contributed by atoms with Crippen LogP contribution in [-0.2, 0) is 11.2 Å². The number of nitrogens with zero attached hydrogens (tertiary/aromatic N) is 1. The number of halogens is 2. The van der Waals surface area contributed by atoms with Crippen molar-refractivity contribution in [3.05, 3.63) is 27.7 Å². The largest absolute Gasteiger partial charge is 0.478 e. The second-order valence-corrected chi connectivity index (χ2v) is 8.45. The number of hydrogen-bond donors (Lipinski definition) is 0. The third kappa shape index (κ3) is 4.58. The van der Waals surface area contributed by atoms with Gasteiger partial charge in [-0.1, -0.05) is 66.9 Å². The van der Waals surface area contributed by atoms with E-state index in [1.165, 1.54) is 11.8 Å². The average molecular weight is 402 g/mol. The number of amides is 1. The smallest absolute Gasteiger partial charge is 0.241 e. The van der Waals surface area contributed by atoms with Crippen molar-refractivity contribution in [2.75, 3.05) is 13.2 Å². The van der Waals surface area contributed by atoms with Crippen molar-refractivity contribution in [1.29, 1.82) is 0 Å². The highest BCUT2D eigenvalue weighted by molar-refractivity contribution is 8.24. The number of carbonyl (C=O) groups is 1. The molecule has 0 aromatic heterocycles. The Bertz CT molecular complexity index is 677. The summed E-state index contributed by atoms with van der Waals surface area (Å²) in [4.78, 5) is 14.2. The van der Waals surface area contributed by atoms with E-state index < -0.39 is 0 Å². The van der Waals surface area contributed by atoms with Crippen LogP contribution < -0.4 is 4.74 Å². The van der Waals surface area contributed by atoms with Gasteiger partial charge in [-0.2, -0.15) is 0 Å². The number of benzene rings is 1. The van der Waals surface area contributed by atoms with Gasteiger partial charge < -0.3 is 4.74 Å². The lowest BCUT2D eigenvalue weighted by atomic mass is 10.1. The van der Waals surface area contributed by atoms with E-state index in [1.54, 1.807) is 17.0 Å². The fourth-order valence-corrected chi connectivity index (χ4v) is 4.55. The number of hydrogen-bond acceptors (Lipinski definition) is 4. The number of thioether (sulfide) groups is 1. The molecular formula is C17H17Cl2NO2S2. The molecule has 1 aliphatic heterocycles. The third-order valence-electron chi connectivity index (χ3n) is 3.33. The van der Waals surface area contributed by atoms with Crippen LogP contribution in [0.3, 0.4) is 0 Å². The fraction of sp³-hybridized carbons (Fsp3) is 0.412. The molecule has 7 heteroatoms. The minimum atomic E-state index is -0.249. The Balaban J connectivity index is 2.13. The van der Waals surface area contributed by atoms with Gasteiger partial charge in [0.25, 0.3) is 0 Å². The molecule has 1 atom stereocenters. The van der Waals surface area contributed by atoms with Gasteiger partial charge in [0.2, 0.25) is 5.91 Å². The van der Waals surface area contributed by atoms with Gasteiger partial charge in [0.1, 0.15) is 10.9 Å². The maximum Gasteiger partial charge on any atom is 0.241 e. The van der Waals surface area contributed by atoms with Crippen molar-refractivity contribution in [1.82, 2.24) is 4.90 Å².